The Morgan fingerprint density at radius 1 is 1.11 bits per heavy atom. The lowest BCUT2D eigenvalue weighted by atomic mass is 10.1. The molecule has 1 N–H and O–H groups in total. The van der Waals surface area contributed by atoms with Crippen LogP contribution in [0, 0.1) is 0 Å². The molecule has 2 aromatic heterocycles. The lowest BCUT2D eigenvalue weighted by Crippen LogP contribution is -2.37. The Labute approximate surface area is 158 Å². The molecule has 7 nitrogen and oxygen atoms in total. The van der Waals surface area contributed by atoms with Gasteiger partial charge in [-0.25, -0.2) is 4.79 Å². The highest BCUT2D eigenvalue weighted by Gasteiger charge is 2.19. The Bertz CT molecular complexity index is 1050. The average Bonchev–Trinajstić information content (AvgIpc) is 3.03. The number of aryl methyl sites for hydroxylation is 3. The molecule has 0 aliphatic rings. The van der Waals surface area contributed by atoms with Crippen LogP contribution in [0.4, 0.5) is 5.95 Å². The van der Waals surface area contributed by atoms with E-state index in [2.05, 4.69) is 36.3 Å². The molecule has 0 saturated carbocycles. The Hall–Kier alpha value is -2.83. The highest BCUT2D eigenvalue weighted by molar-refractivity contribution is 5.74. The molecule has 0 unspecified atom stereocenters. The molecule has 0 saturated heterocycles. The number of nitrogens with zero attached hydrogens (tertiary/aromatic N) is 4. The molecule has 3 aromatic rings. The van der Waals surface area contributed by atoms with Gasteiger partial charge in [-0.1, -0.05) is 37.3 Å². The van der Waals surface area contributed by atoms with Crippen LogP contribution in [-0.2, 0) is 27.1 Å². The van der Waals surface area contributed by atoms with Gasteiger partial charge in [0.05, 0.1) is 0 Å². The molecule has 27 heavy (non-hydrogen) atoms. The molecule has 0 aliphatic carbocycles. The molecule has 2 heterocycles. The van der Waals surface area contributed by atoms with Gasteiger partial charge in [-0.15, -0.1) is 0 Å². The van der Waals surface area contributed by atoms with Crippen molar-refractivity contribution >= 4 is 17.1 Å². The van der Waals surface area contributed by atoms with Crippen molar-refractivity contribution in [2.45, 2.75) is 45.7 Å². The highest BCUT2D eigenvalue weighted by Crippen LogP contribution is 2.18. The van der Waals surface area contributed by atoms with Crippen molar-refractivity contribution in [3.05, 3.63) is 56.7 Å². The van der Waals surface area contributed by atoms with Gasteiger partial charge in [0.1, 0.15) is 0 Å². The van der Waals surface area contributed by atoms with Crippen LogP contribution < -0.4 is 16.6 Å². The fraction of sp³-hybridized carbons (Fsp3) is 0.450. The zero-order valence-corrected chi connectivity index (χ0v) is 16.4. The van der Waals surface area contributed by atoms with Crippen molar-refractivity contribution in [3.63, 3.8) is 0 Å². The van der Waals surface area contributed by atoms with E-state index < -0.39 is 0 Å². The van der Waals surface area contributed by atoms with E-state index in [1.54, 1.807) is 7.05 Å². The summed E-state index contributed by atoms with van der Waals surface area (Å²) in [5, 5.41) is 3.38. The monoisotopic (exact) mass is 369 g/mol. The van der Waals surface area contributed by atoms with Crippen molar-refractivity contribution in [1.82, 2.24) is 18.7 Å². The average molecular weight is 369 g/mol. The molecule has 0 bridgehead atoms. The van der Waals surface area contributed by atoms with Crippen LogP contribution in [0.2, 0.25) is 0 Å². The minimum atomic E-state index is -0.364. The first kappa shape index (κ1) is 18.9. The van der Waals surface area contributed by atoms with Crippen molar-refractivity contribution in [1.29, 1.82) is 0 Å². The van der Waals surface area contributed by atoms with Crippen LogP contribution in [0.5, 0.6) is 0 Å². The first-order valence-corrected chi connectivity index (χ1v) is 9.40. The molecule has 1 atom stereocenters. The maximum atomic E-state index is 12.8. The third kappa shape index (κ3) is 3.67. The number of fused-ring (bicyclic) bond motifs is 1. The molecule has 0 amide bonds. The summed E-state index contributed by atoms with van der Waals surface area (Å²) in [7, 11) is 3.16. The topological polar surface area (TPSA) is 73.8 Å². The number of rotatable bonds is 7. The second kappa shape index (κ2) is 7.82. The van der Waals surface area contributed by atoms with Gasteiger partial charge >= 0.3 is 5.69 Å². The largest absolute Gasteiger partial charge is 0.353 e. The van der Waals surface area contributed by atoms with Crippen LogP contribution in [0.1, 0.15) is 32.3 Å². The summed E-state index contributed by atoms with van der Waals surface area (Å²) in [5.41, 5.74) is 1.49. The molecule has 7 heteroatoms. The minimum Gasteiger partial charge on any atom is -0.353 e. The number of anilines is 1. The van der Waals surface area contributed by atoms with Gasteiger partial charge in [0.2, 0.25) is 5.95 Å². The summed E-state index contributed by atoms with van der Waals surface area (Å²) in [4.78, 5) is 29.6. The van der Waals surface area contributed by atoms with E-state index in [0.717, 1.165) is 23.8 Å². The fourth-order valence-corrected chi connectivity index (χ4v) is 3.18. The van der Waals surface area contributed by atoms with Crippen molar-refractivity contribution < 1.29 is 0 Å². The van der Waals surface area contributed by atoms with Crippen LogP contribution in [0.15, 0.2) is 39.9 Å². The van der Waals surface area contributed by atoms with Crippen LogP contribution >= 0.6 is 0 Å². The first-order valence-electron chi connectivity index (χ1n) is 9.40. The van der Waals surface area contributed by atoms with Gasteiger partial charge in [-0.05, 0) is 31.7 Å². The van der Waals surface area contributed by atoms with E-state index in [1.807, 2.05) is 22.8 Å². The van der Waals surface area contributed by atoms with Crippen LogP contribution in [0.3, 0.4) is 0 Å². The lowest BCUT2D eigenvalue weighted by molar-refractivity contribution is 0.642. The third-order valence-electron chi connectivity index (χ3n) is 5.03. The maximum absolute atomic E-state index is 12.8. The zero-order chi connectivity index (χ0) is 19.6. The van der Waals surface area contributed by atoms with Gasteiger partial charge in [0.15, 0.2) is 11.2 Å². The summed E-state index contributed by atoms with van der Waals surface area (Å²) >= 11 is 0. The standard InChI is InChI=1S/C20H27N5O2/c1-5-14(2)21-19-22-17-16(18(26)24(4)20(27)23(17)3)25(19)13-9-12-15-10-7-6-8-11-15/h6-8,10-11,14H,5,9,12-13H2,1-4H3,(H,21,22)/t14-/m0/s1. The van der Waals surface area contributed by atoms with Gasteiger partial charge < -0.3 is 9.88 Å². The van der Waals surface area contributed by atoms with E-state index in [4.69, 9.17) is 0 Å². The van der Waals surface area contributed by atoms with Crippen molar-refractivity contribution in [2.75, 3.05) is 5.32 Å². The summed E-state index contributed by atoms with van der Waals surface area (Å²) in [6.45, 7) is 4.82. The molecular weight excluding hydrogens is 342 g/mol. The van der Waals surface area contributed by atoms with E-state index in [9.17, 15) is 9.59 Å². The smallest absolute Gasteiger partial charge is 0.332 e. The van der Waals surface area contributed by atoms with Crippen LogP contribution in [0.25, 0.3) is 11.2 Å². The number of hydrogen-bond donors (Lipinski definition) is 1. The number of hydrogen-bond acceptors (Lipinski definition) is 4. The quantitative estimate of drug-likeness (QED) is 0.693. The summed E-state index contributed by atoms with van der Waals surface area (Å²) in [6, 6.07) is 10.5. The SMILES string of the molecule is CC[C@H](C)Nc1nc2c(c(=O)n(C)c(=O)n2C)n1CCCc1ccccc1. The normalized spacial score (nSPS) is 12.4. The number of imidazole rings is 1. The Balaban J connectivity index is 2.03. The number of benzene rings is 1. The second-order valence-electron chi connectivity index (χ2n) is 7.01. The molecule has 0 spiro atoms. The minimum absolute atomic E-state index is 0.218. The predicted octanol–water partition coefficient (Wildman–Crippen LogP) is 2.28. The lowest BCUT2D eigenvalue weighted by Gasteiger charge is -2.14. The molecule has 0 radical (unpaired) electrons. The summed E-state index contributed by atoms with van der Waals surface area (Å²) in [5.74, 6) is 0.644. The summed E-state index contributed by atoms with van der Waals surface area (Å²) < 4.78 is 4.50. The fourth-order valence-electron chi connectivity index (χ4n) is 3.18. The Morgan fingerprint density at radius 3 is 2.48 bits per heavy atom. The van der Waals surface area contributed by atoms with E-state index in [-0.39, 0.29) is 17.3 Å². The van der Waals surface area contributed by atoms with E-state index in [1.165, 1.54) is 17.2 Å². The first-order chi connectivity index (χ1) is 12.9. The molecule has 3 rings (SSSR count). The number of nitrogens with one attached hydrogen (secondary N) is 1. The zero-order valence-electron chi connectivity index (χ0n) is 16.4. The molecule has 144 valence electrons. The summed E-state index contributed by atoms with van der Waals surface area (Å²) in [6.07, 6.45) is 2.72. The molecule has 0 aliphatic heterocycles. The van der Waals surface area contributed by atoms with E-state index >= 15 is 0 Å². The van der Waals surface area contributed by atoms with Gasteiger partial charge in [0, 0.05) is 26.7 Å². The Morgan fingerprint density at radius 2 is 1.81 bits per heavy atom. The Kier molecular flexibility index (Phi) is 5.48. The second-order valence-corrected chi connectivity index (χ2v) is 7.01. The van der Waals surface area contributed by atoms with Crippen LogP contribution in [-0.4, -0.2) is 24.7 Å². The molecule has 0 fully saturated rings. The van der Waals surface area contributed by atoms with Gasteiger partial charge in [-0.3, -0.25) is 13.9 Å². The van der Waals surface area contributed by atoms with Crippen molar-refractivity contribution in [3.8, 4) is 0 Å². The molecular formula is C20H27N5O2. The van der Waals surface area contributed by atoms with Crippen molar-refractivity contribution in [2.24, 2.45) is 14.1 Å². The third-order valence-corrected chi connectivity index (χ3v) is 5.03. The maximum Gasteiger partial charge on any atom is 0.332 e. The van der Waals surface area contributed by atoms with Gasteiger partial charge in [0.25, 0.3) is 5.56 Å². The van der Waals surface area contributed by atoms with Gasteiger partial charge in [-0.2, -0.15) is 4.98 Å². The predicted molar refractivity (Wildman–Crippen MR) is 108 cm³/mol. The number of aromatic nitrogens is 4. The highest BCUT2D eigenvalue weighted by atomic mass is 16.2. The van der Waals surface area contributed by atoms with E-state index in [0.29, 0.717) is 23.7 Å². The molecule has 1 aromatic carbocycles.